The van der Waals surface area contributed by atoms with E-state index in [-0.39, 0.29) is 36.4 Å². The molecule has 1 atom stereocenters. The number of carbonyl (C=O) groups is 1. The number of benzene rings is 1. The largest absolute Gasteiger partial charge is 0.471 e. The minimum absolute atomic E-state index is 0.0146. The molecule has 1 aromatic rings. The summed E-state index contributed by atoms with van der Waals surface area (Å²) in [5, 5.41) is 0. The van der Waals surface area contributed by atoms with E-state index in [2.05, 4.69) is 0 Å². The van der Waals surface area contributed by atoms with E-state index in [4.69, 9.17) is 10.7 Å². The molecule has 1 fully saturated rings. The third-order valence-corrected chi connectivity index (χ3v) is 5.03. The second-order valence-electron chi connectivity index (χ2n) is 5.30. The number of hydrogen-bond acceptors (Lipinski definition) is 3. The van der Waals surface area contributed by atoms with Gasteiger partial charge in [-0.1, -0.05) is 0 Å². The molecule has 0 bridgehead atoms. The van der Waals surface area contributed by atoms with Crippen LogP contribution in [0.2, 0.25) is 0 Å². The van der Waals surface area contributed by atoms with Crippen molar-refractivity contribution in [3.63, 3.8) is 0 Å². The van der Waals surface area contributed by atoms with Gasteiger partial charge in [0.2, 0.25) is 0 Å². The van der Waals surface area contributed by atoms with Crippen LogP contribution in [0, 0.1) is 11.7 Å². The quantitative estimate of drug-likeness (QED) is 0.604. The van der Waals surface area contributed by atoms with E-state index in [0.29, 0.717) is 4.90 Å². The van der Waals surface area contributed by atoms with E-state index in [1.54, 1.807) is 0 Å². The fourth-order valence-electron chi connectivity index (χ4n) is 2.62. The highest BCUT2D eigenvalue weighted by Gasteiger charge is 2.44. The highest BCUT2D eigenvalue weighted by molar-refractivity contribution is 8.13. The van der Waals surface area contributed by atoms with Gasteiger partial charge < -0.3 is 4.90 Å². The van der Waals surface area contributed by atoms with Crippen LogP contribution >= 0.6 is 10.7 Å². The zero-order valence-corrected chi connectivity index (χ0v) is 13.2. The van der Waals surface area contributed by atoms with Crippen molar-refractivity contribution in [1.29, 1.82) is 0 Å². The van der Waals surface area contributed by atoms with E-state index in [9.17, 15) is 30.8 Å². The van der Waals surface area contributed by atoms with E-state index >= 15 is 0 Å². The Morgan fingerprint density at radius 2 is 2.00 bits per heavy atom. The predicted molar refractivity (Wildman–Crippen MR) is 73.9 cm³/mol. The monoisotopic (exact) mass is 373 g/mol. The average Bonchev–Trinajstić information content (AvgIpc) is 2.83. The van der Waals surface area contributed by atoms with E-state index in [1.807, 2.05) is 0 Å². The van der Waals surface area contributed by atoms with Crippen LogP contribution in [0.4, 0.5) is 17.6 Å². The molecule has 10 heteroatoms. The number of rotatable bonds is 3. The first kappa shape index (κ1) is 18.0. The topological polar surface area (TPSA) is 54.5 Å². The van der Waals surface area contributed by atoms with Crippen LogP contribution in [0.3, 0.4) is 0 Å². The maximum Gasteiger partial charge on any atom is 0.471 e. The molecule has 1 aliphatic heterocycles. The molecule has 4 nitrogen and oxygen atoms in total. The van der Waals surface area contributed by atoms with Crippen molar-refractivity contribution >= 4 is 25.6 Å². The molecule has 2 rings (SSSR count). The average molecular weight is 374 g/mol. The molecule has 1 heterocycles. The van der Waals surface area contributed by atoms with Crippen LogP contribution in [0.15, 0.2) is 23.1 Å². The van der Waals surface area contributed by atoms with Crippen molar-refractivity contribution in [3.8, 4) is 0 Å². The SMILES string of the molecule is O=C(N1CCC(Cc2cc(F)ccc2S(=O)(=O)Cl)C1)C(F)(F)F. The van der Waals surface area contributed by atoms with Crippen molar-refractivity contribution in [2.75, 3.05) is 13.1 Å². The van der Waals surface area contributed by atoms with Gasteiger partial charge in [-0.3, -0.25) is 4.79 Å². The van der Waals surface area contributed by atoms with Gasteiger partial charge in [0, 0.05) is 23.8 Å². The molecule has 0 aromatic heterocycles. The fraction of sp³-hybridized carbons (Fsp3) is 0.462. The summed E-state index contributed by atoms with van der Waals surface area (Å²) < 4.78 is 73.4. The zero-order valence-electron chi connectivity index (χ0n) is 11.6. The molecule has 1 aliphatic rings. The summed E-state index contributed by atoms with van der Waals surface area (Å²) in [6.07, 6.45) is -4.67. The Bertz CT molecular complexity index is 720. The summed E-state index contributed by atoms with van der Waals surface area (Å²) in [7, 11) is 1.18. The number of halogens is 5. The van der Waals surface area contributed by atoms with Gasteiger partial charge in [-0.2, -0.15) is 13.2 Å². The van der Waals surface area contributed by atoms with Crippen molar-refractivity contribution in [1.82, 2.24) is 4.90 Å². The second kappa shape index (κ2) is 6.27. The number of amides is 1. The summed E-state index contributed by atoms with van der Waals surface area (Å²) in [5.41, 5.74) is 0.0892. The van der Waals surface area contributed by atoms with Gasteiger partial charge in [0.05, 0.1) is 4.90 Å². The first-order valence-corrected chi connectivity index (χ1v) is 8.88. The number of alkyl halides is 3. The predicted octanol–water partition coefficient (Wildman–Crippen LogP) is 2.71. The van der Waals surface area contributed by atoms with Crippen LogP contribution in [-0.4, -0.2) is 38.5 Å². The first-order valence-electron chi connectivity index (χ1n) is 6.57. The molecule has 1 aromatic carbocycles. The molecular weight excluding hydrogens is 362 g/mol. The lowest BCUT2D eigenvalue weighted by atomic mass is 9.98. The van der Waals surface area contributed by atoms with Gasteiger partial charge in [0.1, 0.15) is 5.82 Å². The van der Waals surface area contributed by atoms with Gasteiger partial charge in [0.15, 0.2) is 0 Å². The highest BCUT2D eigenvalue weighted by atomic mass is 35.7. The maximum absolute atomic E-state index is 13.3. The van der Waals surface area contributed by atoms with Crippen LogP contribution in [0.5, 0.6) is 0 Å². The number of hydrogen-bond donors (Lipinski definition) is 0. The van der Waals surface area contributed by atoms with E-state index < -0.39 is 32.9 Å². The van der Waals surface area contributed by atoms with Gasteiger partial charge in [-0.25, -0.2) is 12.8 Å². The molecule has 1 unspecified atom stereocenters. The molecule has 128 valence electrons. The van der Waals surface area contributed by atoms with Gasteiger partial charge >= 0.3 is 12.1 Å². The van der Waals surface area contributed by atoms with E-state index in [1.165, 1.54) is 0 Å². The summed E-state index contributed by atoms with van der Waals surface area (Å²) in [4.78, 5) is 11.6. The summed E-state index contributed by atoms with van der Waals surface area (Å²) in [6, 6.07) is 2.94. The number of nitrogens with zero attached hydrogens (tertiary/aromatic N) is 1. The highest BCUT2D eigenvalue weighted by Crippen LogP contribution is 2.29. The van der Waals surface area contributed by atoms with Crippen LogP contribution in [0.25, 0.3) is 0 Å². The smallest absolute Gasteiger partial charge is 0.335 e. The molecule has 0 aliphatic carbocycles. The minimum Gasteiger partial charge on any atom is -0.335 e. The van der Waals surface area contributed by atoms with Crippen molar-refractivity contribution in [2.24, 2.45) is 5.92 Å². The fourth-order valence-corrected chi connectivity index (χ4v) is 3.76. The van der Waals surface area contributed by atoms with Gasteiger partial charge in [-0.15, -0.1) is 0 Å². The molecule has 0 N–H and O–H groups in total. The lowest BCUT2D eigenvalue weighted by molar-refractivity contribution is -0.184. The van der Waals surface area contributed by atoms with Crippen LogP contribution in [-0.2, 0) is 20.3 Å². The summed E-state index contributed by atoms with van der Waals surface area (Å²) >= 11 is 0. The Kier molecular flexibility index (Phi) is 4.91. The Morgan fingerprint density at radius 3 is 2.57 bits per heavy atom. The Balaban J connectivity index is 2.16. The molecule has 23 heavy (non-hydrogen) atoms. The van der Waals surface area contributed by atoms with Crippen LogP contribution in [0.1, 0.15) is 12.0 Å². The molecule has 0 saturated carbocycles. The summed E-state index contributed by atoms with van der Waals surface area (Å²) in [5.74, 6) is -3.00. The Morgan fingerprint density at radius 1 is 1.35 bits per heavy atom. The molecule has 0 spiro atoms. The van der Waals surface area contributed by atoms with Gasteiger partial charge in [-0.05, 0) is 42.5 Å². The third-order valence-electron chi connectivity index (χ3n) is 3.61. The summed E-state index contributed by atoms with van der Waals surface area (Å²) in [6.45, 7) is -0.252. The van der Waals surface area contributed by atoms with Crippen molar-refractivity contribution in [2.45, 2.75) is 23.9 Å². The standard InChI is InChI=1S/C13H12ClF4NO3S/c14-23(21,22)11-2-1-10(15)6-9(11)5-8-3-4-19(7-8)12(20)13(16,17)18/h1-2,6,8H,3-5,7H2. The molecule has 1 amide bonds. The second-order valence-corrected chi connectivity index (χ2v) is 7.83. The Labute approximate surface area is 134 Å². The molecular formula is C13H12ClF4NO3S. The molecule has 1 saturated heterocycles. The van der Waals surface area contributed by atoms with E-state index in [0.717, 1.165) is 18.2 Å². The lowest BCUT2D eigenvalue weighted by Gasteiger charge is -2.18. The maximum atomic E-state index is 13.3. The number of carbonyl (C=O) groups excluding carboxylic acids is 1. The van der Waals surface area contributed by atoms with Gasteiger partial charge in [0.25, 0.3) is 9.05 Å². The van der Waals surface area contributed by atoms with Crippen molar-refractivity contribution < 1.29 is 30.8 Å². The van der Waals surface area contributed by atoms with Crippen LogP contribution < -0.4 is 0 Å². The number of likely N-dealkylation sites (tertiary alicyclic amines) is 1. The lowest BCUT2D eigenvalue weighted by Crippen LogP contribution is -2.39. The Hall–Kier alpha value is -1.35. The minimum atomic E-state index is -4.95. The first-order chi connectivity index (χ1) is 10.5. The normalized spacial score (nSPS) is 19.2. The van der Waals surface area contributed by atoms with Crippen molar-refractivity contribution in [3.05, 3.63) is 29.6 Å². The molecule has 0 radical (unpaired) electrons. The zero-order chi connectivity index (χ0) is 17.4. The third kappa shape index (κ3) is 4.35.